The van der Waals surface area contributed by atoms with E-state index in [0.717, 1.165) is 6.54 Å². The minimum absolute atomic E-state index is 0.0725. The number of rotatable bonds is 3. The van der Waals surface area contributed by atoms with Gasteiger partial charge in [-0.05, 0) is 0 Å². The first-order valence-corrected chi connectivity index (χ1v) is 5.56. The molecule has 1 aliphatic rings. The highest BCUT2D eigenvalue weighted by atomic mass is 16.1. The summed E-state index contributed by atoms with van der Waals surface area (Å²) in [5.74, 6) is 0.205. The van der Waals surface area contributed by atoms with Crippen LogP contribution in [0.4, 0.5) is 11.9 Å². The Morgan fingerprint density at radius 3 is 2.61 bits per heavy atom. The lowest BCUT2D eigenvalue weighted by Gasteiger charge is -2.33. The van der Waals surface area contributed by atoms with Gasteiger partial charge in [-0.1, -0.05) is 0 Å². The molecule has 2 rings (SSSR count). The summed E-state index contributed by atoms with van der Waals surface area (Å²) in [5.41, 5.74) is 16.3. The first-order chi connectivity index (χ1) is 8.56. The van der Waals surface area contributed by atoms with Crippen molar-refractivity contribution in [2.24, 2.45) is 5.73 Å². The Kier molecular flexibility index (Phi) is 3.53. The maximum atomic E-state index is 11.3. The molecule has 1 aromatic heterocycles. The third-order valence-corrected chi connectivity index (χ3v) is 2.74. The number of carbonyl (C=O) groups excluding carboxylic acids is 1. The number of primary amides is 1. The molecule has 2 heterocycles. The Morgan fingerprint density at radius 2 is 2.00 bits per heavy atom. The molecular formula is C9H16N8O. The highest BCUT2D eigenvalue weighted by Gasteiger charge is 2.27. The lowest BCUT2D eigenvalue weighted by atomic mass is 10.2. The molecule has 98 valence electrons. The molecule has 1 unspecified atom stereocenters. The number of nitrogens with one attached hydrogen (secondary N) is 1. The molecule has 1 aromatic rings. The van der Waals surface area contributed by atoms with Gasteiger partial charge >= 0.3 is 0 Å². The molecule has 1 aliphatic heterocycles. The van der Waals surface area contributed by atoms with Gasteiger partial charge in [0, 0.05) is 19.6 Å². The van der Waals surface area contributed by atoms with Crippen LogP contribution in [0.1, 0.15) is 5.82 Å². The van der Waals surface area contributed by atoms with Crippen LogP contribution in [0.25, 0.3) is 0 Å². The molecule has 1 fully saturated rings. The van der Waals surface area contributed by atoms with Crippen molar-refractivity contribution in [2.45, 2.75) is 12.6 Å². The Bertz CT molecular complexity index is 430. The monoisotopic (exact) mass is 252 g/mol. The predicted molar refractivity (Wildman–Crippen MR) is 64.9 cm³/mol. The van der Waals surface area contributed by atoms with Crippen LogP contribution in [0.2, 0.25) is 0 Å². The van der Waals surface area contributed by atoms with E-state index in [4.69, 9.17) is 17.2 Å². The quantitative estimate of drug-likeness (QED) is 0.453. The lowest BCUT2D eigenvalue weighted by Crippen LogP contribution is -2.56. The van der Waals surface area contributed by atoms with E-state index in [9.17, 15) is 4.79 Å². The summed E-state index contributed by atoms with van der Waals surface area (Å²) in [4.78, 5) is 24.9. The van der Waals surface area contributed by atoms with Gasteiger partial charge < -0.3 is 22.5 Å². The van der Waals surface area contributed by atoms with Crippen molar-refractivity contribution in [2.75, 3.05) is 31.1 Å². The summed E-state index contributed by atoms with van der Waals surface area (Å²) < 4.78 is 0. The third kappa shape index (κ3) is 2.81. The van der Waals surface area contributed by atoms with Crippen LogP contribution in [0.3, 0.4) is 0 Å². The second-order valence-electron chi connectivity index (χ2n) is 4.06. The number of anilines is 2. The highest BCUT2D eigenvalue weighted by molar-refractivity contribution is 5.80. The first-order valence-electron chi connectivity index (χ1n) is 5.56. The predicted octanol–water partition coefficient (Wildman–Crippen LogP) is -2.70. The number of amides is 1. The molecule has 1 saturated heterocycles. The SMILES string of the molecule is NC(=O)C1CNCCN1Cc1nc(N)nc(N)n1. The standard InChI is InChI=1S/C9H16N8O/c10-7(18)5-3-13-1-2-17(5)4-6-14-8(11)16-9(12)15-6/h5,13H,1-4H2,(H2,10,18)(H4,11,12,14,15,16). The Morgan fingerprint density at radius 1 is 1.33 bits per heavy atom. The highest BCUT2D eigenvalue weighted by Crippen LogP contribution is 2.08. The summed E-state index contributed by atoms with van der Waals surface area (Å²) in [5, 5.41) is 3.11. The number of nitrogens with zero attached hydrogens (tertiary/aromatic N) is 4. The van der Waals surface area contributed by atoms with E-state index in [0.29, 0.717) is 25.5 Å². The molecule has 0 aliphatic carbocycles. The zero-order valence-electron chi connectivity index (χ0n) is 9.83. The third-order valence-electron chi connectivity index (χ3n) is 2.74. The zero-order chi connectivity index (χ0) is 13.1. The van der Waals surface area contributed by atoms with Crippen molar-refractivity contribution in [3.8, 4) is 0 Å². The van der Waals surface area contributed by atoms with E-state index in [2.05, 4.69) is 20.3 Å². The van der Waals surface area contributed by atoms with Crippen molar-refractivity contribution in [1.82, 2.24) is 25.2 Å². The van der Waals surface area contributed by atoms with Gasteiger partial charge in [0.25, 0.3) is 0 Å². The van der Waals surface area contributed by atoms with Gasteiger partial charge in [0.05, 0.1) is 6.54 Å². The first kappa shape index (κ1) is 12.5. The number of hydrogen-bond acceptors (Lipinski definition) is 8. The summed E-state index contributed by atoms with van der Waals surface area (Å²) >= 11 is 0. The number of nitrogens with two attached hydrogens (primary N) is 3. The largest absolute Gasteiger partial charge is 0.368 e. The maximum Gasteiger partial charge on any atom is 0.236 e. The van der Waals surface area contributed by atoms with E-state index in [1.54, 1.807) is 0 Å². The molecular weight excluding hydrogens is 236 g/mol. The topological polar surface area (TPSA) is 149 Å². The van der Waals surface area contributed by atoms with Crippen LogP contribution in [0, 0.1) is 0 Å². The van der Waals surface area contributed by atoms with Crippen LogP contribution in [-0.2, 0) is 11.3 Å². The van der Waals surface area contributed by atoms with Crippen LogP contribution in [-0.4, -0.2) is 51.4 Å². The molecule has 0 saturated carbocycles. The Labute approximate surface area is 104 Å². The van der Waals surface area contributed by atoms with Crippen molar-refractivity contribution < 1.29 is 4.79 Å². The van der Waals surface area contributed by atoms with Gasteiger partial charge in [-0.25, -0.2) is 0 Å². The number of aromatic nitrogens is 3. The van der Waals surface area contributed by atoms with Crippen molar-refractivity contribution in [1.29, 1.82) is 0 Å². The fourth-order valence-corrected chi connectivity index (χ4v) is 1.93. The van der Waals surface area contributed by atoms with Crippen LogP contribution < -0.4 is 22.5 Å². The Balaban J connectivity index is 2.13. The second kappa shape index (κ2) is 5.10. The van der Waals surface area contributed by atoms with Gasteiger partial charge in [0.1, 0.15) is 11.9 Å². The number of carbonyl (C=O) groups is 1. The van der Waals surface area contributed by atoms with E-state index in [-0.39, 0.29) is 23.8 Å². The molecule has 1 amide bonds. The Hall–Kier alpha value is -2.00. The zero-order valence-corrected chi connectivity index (χ0v) is 9.83. The molecule has 0 spiro atoms. The smallest absolute Gasteiger partial charge is 0.236 e. The fraction of sp³-hybridized carbons (Fsp3) is 0.556. The van der Waals surface area contributed by atoms with E-state index >= 15 is 0 Å². The van der Waals surface area contributed by atoms with Crippen molar-refractivity contribution in [3.05, 3.63) is 5.82 Å². The number of nitrogen functional groups attached to an aromatic ring is 2. The van der Waals surface area contributed by atoms with Crippen LogP contribution >= 0.6 is 0 Å². The van der Waals surface area contributed by atoms with Gasteiger partial charge in [0.2, 0.25) is 17.8 Å². The summed E-state index contributed by atoms with van der Waals surface area (Å²) in [7, 11) is 0. The number of hydrogen-bond donors (Lipinski definition) is 4. The van der Waals surface area contributed by atoms with E-state index < -0.39 is 0 Å². The summed E-state index contributed by atoms with van der Waals surface area (Å²) in [6.45, 7) is 2.34. The minimum atomic E-state index is -0.378. The molecule has 18 heavy (non-hydrogen) atoms. The average Bonchev–Trinajstić information content (AvgIpc) is 2.27. The van der Waals surface area contributed by atoms with Crippen LogP contribution in [0.15, 0.2) is 0 Å². The molecule has 7 N–H and O–H groups in total. The molecule has 9 nitrogen and oxygen atoms in total. The van der Waals surface area contributed by atoms with Crippen molar-refractivity contribution >= 4 is 17.8 Å². The molecule has 9 heteroatoms. The summed E-state index contributed by atoms with van der Waals surface area (Å²) in [6, 6.07) is -0.377. The van der Waals surface area contributed by atoms with Gasteiger partial charge in [-0.15, -0.1) is 0 Å². The van der Waals surface area contributed by atoms with Crippen LogP contribution in [0.5, 0.6) is 0 Å². The second-order valence-corrected chi connectivity index (χ2v) is 4.06. The van der Waals surface area contributed by atoms with Crippen molar-refractivity contribution in [3.63, 3.8) is 0 Å². The minimum Gasteiger partial charge on any atom is -0.368 e. The van der Waals surface area contributed by atoms with Gasteiger partial charge in [0.15, 0.2) is 0 Å². The summed E-state index contributed by atoms with van der Waals surface area (Å²) in [6.07, 6.45) is 0. The molecule has 1 atom stereocenters. The fourth-order valence-electron chi connectivity index (χ4n) is 1.93. The normalized spacial score (nSPS) is 20.8. The molecule has 0 radical (unpaired) electrons. The van der Waals surface area contributed by atoms with E-state index in [1.165, 1.54) is 0 Å². The van der Waals surface area contributed by atoms with E-state index in [1.807, 2.05) is 4.90 Å². The van der Waals surface area contributed by atoms with Gasteiger partial charge in [-0.3, -0.25) is 9.69 Å². The molecule has 0 aromatic carbocycles. The maximum absolute atomic E-state index is 11.3. The average molecular weight is 252 g/mol. The lowest BCUT2D eigenvalue weighted by molar-refractivity contribution is -0.124. The molecule has 0 bridgehead atoms. The van der Waals surface area contributed by atoms with Gasteiger partial charge in [-0.2, -0.15) is 15.0 Å². The number of piperazine rings is 1.